The molecule has 0 saturated heterocycles. The fourth-order valence-electron chi connectivity index (χ4n) is 4.24. The number of esters is 1. The molecular formula is C20H7I2N3O11. The fourth-order valence-corrected chi connectivity index (χ4v) is 5.59. The summed E-state index contributed by atoms with van der Waals surface area (Å²) < 4.78 is 11.4. The lowest BCUT2D eigenvalue weighted by atomic mass is 9.77. The van der Waals surface area contributed by atoms with Gasteiger partial charge in [0.1, 0.15) is 7.14 Å². The maximum Gasteiger partial charge on any atom is 0.340 e. The molecule has 2 heterocycles. The minimum Gasteiger partial charge on any atom is -0.501 e. The van der Waals surface area contributed by atoms with Gasteiger partial charge < -0.3 is 19.7 Å². The molecule has 0 saturated carbocycles. The average Bonchev–Trinajstić information content (AvgIpc) is 3.11. The van der Waals surface area contributed by atoms with Gasteiger partial charge >= 0.3 is 17.3 Å². The third-order valence-electron chi connectivity index (χ3n) is 5.77. The Bertz CT molecular complexity index is 1530. The highest BCUT2D eigenvalue weighted by Crippen LogP contribution is 2.61. The Morgan fingerprint density at radius 3 is 1.72 bits per heavy atom. The zero-order valence-electron chi connectivity index (χ0n) is 17.1. The SMILES string of the molecule is O=C1OC2(c3ccc([N+](=O)[O-])cc31)c1cc([N+](=O)[O-])c(O)c(I)c1Oc1c2cc([N+](=O)[O-])c(O)c1I. The first-order valence-corrected chi connectivity index (χ1v) is 11.7. The molecule has 36 heavy (non-hydrogen) atoms. The Morgan fingerprint density at radius 1 is 0.778 bits per heavy atom. The number of fused-ring (bicyclic) bond motifs is 6. The second-order valence-corrected chi connectivity index (χ2v) is 9.70. The number of ether oxygens (including phenoxy) is 2. The number of hydrogen-bond donors (Lipinski definition) is 2. The highest BCUT2D eigenvalue weighted by Gasteiger charge is 2.57. The van der Waals surface area contributed by atoms with Gasteiger partial charge in [-0.1, -0.05) is 0 Å². The number of nitrogens with zero attached hydrogens (tertiary/aromatic N) is 3. The van der Waals surface area contributed by atoms with E-state index in [-0.39, 0.29) is 40.9 Å². The molecule has 0 amide bonds. The van der Waals surface area contributed by atoms with Crippen molar-refractivity contribution in [2.75, 3.05) is 0 Å². The lowest BCUT2D eigenvalue weighted by molar-refractivity contribution is -0.386. The highest BCUT2D eigenvalue weighted by molar-refractivity contribution is 14.1. The van der Waals surface area contributed by atoms with Gasteiger partial charge in [-0.25, -0.2) is 4.79 Å². The van der Waals surface area contributed by atoms with E-state index in [1.165, 1.54) is 6.07 Å². The summed E-state index contributed by atoms with van der Waals surface area (Å²) in [5.41, 5.74) is -4.62. The summed E-state index contributed by atoms with van der Waals surface area (Å²) in [5, 5.41) is 55.5. The molecule has 2 N–H and O–H groups in total. The lowest BCUT2D eigenvalue weighted by Crippen LogP contribution is -2.34. The van der Waals surface area contributed by atoms with Crippen molar-refractivity contribution in [3.8, 4) is 23.0 Å². The molecule has 0 unspecified atom stereocenters. The van der Waals surface area contributed by atoms with E-state index in [2.05, 4.69) is 0 Å². The highest BCUT2D eigenvalue weighted by atomic mass is 127. The van der Waals surface area contributed by atoms with E-state index in [0.717, 1.165) is 24.3 Å². The van der Waals surface area contributed by atoms with Crippen molar-refractivity contribution in [2.24, 2.45) is 0 Å². The third-order valence-corrected chi connectivity index (χ3v) is 7.77. The largest absolute Gasteiger partial charge is 0.501 e. The summed E-state index contributed by atoms with van der Waals surface area (Å²) in [7, 11) is 0. The Kier molecular flexibility index (Phi) is 5.21. The quantitative estimate of drug-likeness (QED) is 0.166. The van der Waals surface area contributed by atoms with E-state index in [1.54, 1.807) is 45.2 Å². The van der Waals surface area contributed by atoms with E-state index in [0.29, 0.717) is 0 Å². The van der Waals surface area contributed by atoms with Crippen LogP contribution in [0, 0.1) is 37.5 Å². The predicted octanol–water partition coefficient (Wildman–Crippen LogP) is 4.60. The van der Waals surface area contributed by atoms with Crippen LogP contribution in [0.25, 0.3) is 0 Å². The van der Waals surface area contributed by atoms with Gasteiger partial charge in [-0.2, -0.15) is 0 Å². The van der Waals surface area contributed by atoms with Gasteiger partial charge in [0, 0.05) is 29.8 Å². The van der Waals surface area contributed by atoms with Gasteiger partial charge in [0.05, 0.1) is 31.5 Å². The van der Waals surface area contributed by atoms with Gasteiger partial charge in [-0.3, -0.25) is 30.3 Å². The first kappa shape index (κ1) is 23.9. The van der Waals surface area contributed by atoms with Crippen LogP contribution >= 0.6 is 45.2 Å². The Balaban J connectivity index is 1.98. The second-order valence-electron chi connectivity index (χ2n) is 7.54. The third kappa shape index (κ3) is 3.03. The van der Waals surface area contributed by atoms with Crippen molar-refractivity contribution in [3.63, 3.8) is 0 Å². The van der Waals surface area contributed by atoms with Gasteiger partial charge in [-0.15, -0.1) is 0 Å². The molecule has 0 aliphatic carbocycles. The van der Waals surface area contributed by atoms with Crippen molar-refractivity contribution in [2.45, 2.75) is 5.60 Å². The number of phenols is 2. The zero-order chi connectivity index (χ0) is 26.3. The van der Waals surface area contributed by atoms with Crippen LogP contribution in [-0.4, -0.2) is 31.0 Å². The van der Waals surface area contributed by atoms with Crippen molar-refractivity contribution in [1.82, 2.24) is 0 Å². The Labute approximate surface area is 225 Å². The molecule has 2 aliphatic rings. The van der Waals surface area contributed by atoms with Crippen LogP contribution in [0.5, 0.6) is 23.0 Å². The van der Waals surface area contributed by atoms with Crippen LogP contribution < -0.4 is 4.74 Å². The standard InChI is InChI=1S/C20H7I2N3O11/c21-13-15(26)11(24(31)32)4-9-17(13)35-18-10(5-12(25(33)34)16(27)14(18)22)20(9)8-2-1-6(23(29)30)3-7(8)19(28)36-20/h1-5,26-27H. The molecule has 0 bridgehead atoms. The molecule has 0 aromatic heterocycles. The second kappa shape index (κ2) is 7.85. The first-order valence-electron chi connectivity index (χ1n) is 9.50. The van der Waals surface area contributed by atoms with E-state index in [9.17, 15) is 45.4 Å². The van der Waals surface area contributed by atoms with Crippen LogP contribution in [-0.2, 0) is 10.3 Å². The minimum absolute atomic E-state index is 0.00419. The topological polar surface area (TPSA) is 205 Å². The molecule has 16 heteroatoms. The average molecular weight is 719 g/mol. The van der Waals surface area contributed by atoms with Crippen LogP contribution in [0.4, 0.5) is 17.1 Å². The van der Waals surface area contributed by atoms with Crippen molar-refractivity contribution in [3.05, 3.63) is 90.1 Å². The molecule has 2 aliphatic heterocycles. The molecule has 5 rings (SSSR count). The number of carbonyl (C=O) groups excluding carboxylic acids is 1. The number of nitro groups is 3. The van der Waals surface area contributed by atoms with Crippen LogP contribution in [0.1, 0.15) is 27.0 Å². The number of benzene rings is 3. The molecule has 3 aromatic rings. The number of hydrogen-bond acceptors (Lipinski definition) is 11. The molecular weight excluding hydrogens is 712 g/mol. The smallest absolute Gasteiger partial charge is 0.340 e. The van der Waals surface area contributed by atoms with Crippen molar-refractivity contribution >= 4 is 68.2 Å². The summed E-state index contributed by atoms with van der Waals surface area (Å²) in [6.07, 6.45) is 0. The number of halogens is 2. The number of nitro benzene ring substituents is 3. The van der Waals surface area contributed by atoms with Gasteiger partial charge in [0.25, 0.3) is 5.69 Å². The fraction of sp³-hybridized carbons (Fsp3) is 0.0500. The number of rotatable bonds is 3. The van der Waals surface area contributed by atoms with Gasteiger partial charge in [0.2, 0.25) is 11.5 Å². The molecule has 0 atom stereocenters. The summed E-state index contributed by atoms with van der Waals surface area (Å²) in [6, 6.07) is 5.06. The Hall–Kier alpha value is -3.81. The van der Waals surface area contributed by atoms with Crippen LogP contribution in [0.3, 0.4) is 0 Å². The van der Waals surface area contributed by atoms with E-state index in [1.807, 2.05) is 0 Å². The maximum absolute atomic E-state index is 13.0. The number of carbonyl (C=O) groups is 1. The normalized spacial score (nSPS) is 14.3. The monoisotopic (exact) mass is 719 g/mol. The van der Waals surface area contributed by atoms with E-state index in [4.69, 9.17) is 9.47 Å². The first-order chi connectivity index (χ1) is 16.9. The number of aromatic hydroxyl groups is 2. The van der Waals surface area contributed by atoms with Crippen molar-refractivity contribution < 1.29 is 39.3 Å². The molecule has 182 valence electrons. The van der Waals surface area contributed by atoms with E-state index < -0.39 is 54.9 Å². The molecule has 0 radical (unpaired) electrons. The lowest BCUT2D eigenvalue weighted by Gasteiger charge is -2.37. The van der Waals surface area contributed by atoms with Gasteiger partial charge in [0.15, 0.2) is 17.1 Å². The predicted molar refractivity (Wildman–Crippen MR) is 133 cm³/mol. The zero-order valence-corrected chi connectivity index (χ0v) is 21.4. The van der Waals surface area contributed by atoms with Crippen molar-refractivity contribution in [1.29, 1.82) is 0 Å². The summed E-state index contributed by atoms with van der Waals surface area (Å²) in [5.74, 6) is -2.86. The summed E-state index contributed by atoms with van der Waals surface area (Å²) in [6.45, 7) is 0. The Morgan fingerprint density at radius 2 is 1.28 bits per heavy atom. The maximum atomic E-state index is 13.0. The summed E-state index contributed by atoms with van der Waals surface area (Å²) >= 11 is 3.18. The molecule has 0 fully saturated rings. The number of non-ortho nitro benzene ring substituents is 1. The number of phenolic OH excluding ortho intramolecular Hbond substituents is 2. The molecule has 3 aromatic carbocycles. The van der Waals surface area contributed by atoms with Crippen LogP contribution in [0.2, 0.25) is 0 Å². The molecule has 14 nitrogen and oxygen atoms in total. The molecule has 1 spiro atoms. The minimum atomic E-state index is -2.10. The van der Waals surface area contributed by atoms with E-state index >= 15 is 0 Å². The van der Waals surface area contributed by atoms with Crippen LogP contribution in [0.15, 0.2) is 30.3 Å². The summed E-state index contributed by atoms with van der Waals surface area (Å²) in [4.78, 5) is 45.2. The van der Waals surface area contributed by atoms with Gasteiger partial charge in [-0.05, 0) is 51.2 Å².